The van der Waals surface area contributed by atoms with Crippen molar-refractivity contribution in [2.24, 2.45) is 0 Å². The number of benzene rings is 1. The van der Waals surface area contributed by atoms with Crippen molar-refractivity contribution >= 4 is 39.1 Å². The highest BCUT2D eigenvalue weighted by Gasteiger charge is 2.27. The number of thiophene rings is 1. The fourth-order valence-electron chi connectivity index (χ4n) is 3.25. The minimum Gasteiger partial charge on any atom is -0.422 e. The fourth-order valence-corrected chi connectivity index (χ4v) is 4.53. The second-order valence-electron chi connectivity index (χ2n) is 6.08. The number of hydrogen-bond donors (Lipinski definition) is 2. The molecule has 2 aromatic heterocycles. The van der Waals surface area contributed by atoms with Gasteiger partial charge in [0.1, 0.15) is 16.1 Å². The maximum atomic E-state index is 12.7. The molecule has 1 aromatic carbocycles. The van der Waals surface area contributed by atoms with E-state index in [4.69, 9.17) is 4.42 Å². The van der Waals surface area contributed by atoms with Crippen molar-refractivity contribution in [2.45, 2.75) is 19.3 Å². The summed E-state index contributed by atoms with van der Waals surface area (Å²) in [6, 6.07) is 8.51. The van der Waals surface area contributed by atoms with Crippen molar-refractivity contribution in [3.8, 4) is 0 Å². The highest BCUT2D eigenvalue weighted by molar-refractivity contribution is 7.17. The Kier molecular flexibility index (Phi) is 4.08. The van der Waals surface area contributed by atoms with Gasteiger partial charge in [-0.25, -0.2) is 4.79 Å². The highest BCUT2D eigenvalue weighted by Crippen LogP contribution is 2.39. The Bertz CT molecular complexity index is 1100. The molecule has 0 fully saturated rings. The first-order valence-corrected chi connectivity index (χ1v) is 9.11. The van der Waals surface area contributed by atoms with Gasteiger partial charge in [0.2, 0.25) is 0 Å². The van der Waals surface area contributed by atoms with Crippen molar-refractivity contribution in [1.29, 1.82) is 0 Å². The van der Waals surface area contributed by atoms with E-state index in [-0.39, 0.29) is 11.5 Å². The van der Waals surface area contributed by atoms with Crippen LogP contribution in [0.2, 0.25) is 0 Å². The lowest BCUT2D eigenvalue weighted by Gasteiger charge is -2.07. The van der Waals surface area contributed by atoms with Crippen LogP contribution in [0.4, 0.5) is 5.00 Å². The Hall–Kier alpha value is -2.93. The van der Waals surface area contributed by atoms with Crippen LogP contribution in [0, 0.1) is 0 Å². The Balaban J connectivity index is 1.72. The number of carbonyl (C=O) groups excluding carboxylic acids is 2. The number of fused-ring (bicyclic) bond motifs is 2. The van der Waals surface area contributed by atoms with E-state index in [1.807, 2.05) is 0 Å². The van der Waals surface area contributed by atoms with Crippen molar-refractivity contribution in [3.05, 3.63) is 62.3 Å². The number of para-hydroxylation sites is 1. The predicted octanol–water partition coefficient (Wildman–Crippen LogP) is 2.96. The topological polar surface area (TPSA) is 88.4 Å². The number of nitrogens with one attached hydrogen (secondary N) is 2. The van der Waals surface area contributed by atoms with E-state index in [9.17, 15) is 14.4 Å². The van der Waals surface area contributed by atoms with Crippen LogP contribution < -0.4 is 16.3 Å². The zero-order chi connectivity index (χ0) is 18.3. The molecule has 0 saturated carbocycles. The van der Waals surface area contributed by atoms with Crippen molar-refractivity contribution in [1.82, 2.24) is 5.32 Å². The summed E-state index contributed by atoms with van der Waals surface area (Å²) in [5.41, 5.74) is 1.14. The monoisotopic (exact) mass is 368 g/mol. The molecule has 2 N–H and O–H groups in total. The van der Waals surface area contributed by atoms with Crippen LogP contribution in [-0.4, -0.2) is 18.9 Å². The van der Waals surface area contributed by atoms with E-state index in [0.29, 0.717) is 21.5 Å². The third-order valence-electron chi connectivity index (χ3n) is 4.49. The lowest BCUT2D eigenvalue weighted by molar-refractivity contribution is 0.0963. The van der Waals surface area contributed by atoms with E-state index in [1.54, 1.807) is 31.3 Å². The summed E-state index contributed by atoms with van der Waals surface area (Å²) in [7, 11) is 1.56. The summed E-state index contributed by atoms with van der Waals surface area (Å²) in [5.74, 6) is -0.806. The van der Waals surface area contributed by atoms with E-state index in [2.05, 4.69) is 10.6 Å². The first-order chi connectivity index (χ1) is 12.6. The molecule has 0 saturated heterocycles. The molecule has 0 unspecified atom stereocenters. The van der Waals surface area contributed by atoms with E-state index in [1.165, 1.54) is 17.4 Å². The second kappa shape index (κ2) is 6.42. The molecular formula is C19H16N2O4S. The molecule has 2 heterocycles. The van der Waals surface area contributed by atoms with Crippen LogP contribution in [0.25, 0.3) is 11.0 Å². The lowest BCUT2D eigenvalue weighted by atomic mass is 10.1. The largest absolute Gasteiger partial charge is 0.422 e. The van der Waals surface area contributed by atoms with Crippen molar-refractivity contribution < 1.29 is 14.0 Å². The van der Waals surface area contributed by atoms with Crippen LogP contribution in [-0.2, 0) is 12.8 Å². The minimum absolute atomic E-state index is 0.0832. The van der Waals surface area contributed by atoms with E-state index in [0.717, 1.165) is 29.7 Å². The quantitative estimate of drug-likeness (QED) is 0.696. The molecule has 0 spiro atoms. The number of amides is 2. The van der Waals surface area contributed by atoms with Crippen molar-refractivity contribution in [3.63, 3.8) is 0 Å². The molecule has 26 heavy (non-hydrogen) atoms. The molecule has 6 nitrogen and oxygen atoms in total. The standard InChI is InChI=1S/C19H16N2O4S/c1-20-17(23)15-11-6-4-8-14(11)26-18(15)21-16(22)12-9-10-5-2-3-7-13(10)25-19(12)24/h2-3,5,7,9H,4,6,8H2,1H3,(H,20,23)(H,21,22). The SMILES string of the molecule is CNC(=O)c1c(NC(=O)c2cc3ccccc3oc2=O)sc2c1CCC2. The smallest absolute Gasteiger partial charge is 0.349 e. The Morgan fingerprint density at radius 3 is 2.77 bits per heavy atom. The molecule has 0 aliphatic heterocycles. The highest BCUT2D eigenvalue weighted by atomic mass is 32.1. The van der Waals surface area contributed by atoms with E-state index < -0.39 is 11.5 Å². The molecule has 0 atom stereocenters. The van der Waals surface area contributed by atoms with Gasteiger partial charge in [0, 0.05) is 17.3 Å². The third-order valence-corrected chi connectivity index (χ3v) is 5.70. The second-order valence-corrected chi connectivity index (χ2v) is 7.19. The molecule has 132 valence electrons. The molecule has 7 heteroatoms. The molecule has 0 radical (unpaired) electrons. The molecule has 1 aliphatic rings. The predicted molar refractivity (Wildman–Crippen MR) is 100 cm³/mol. The summed E-state index contributed by atoms with van der Waals surface area (Å²) in [6.07, 6.45) is 2.73. The van der Waals surface area contributed by atoms with Gasteiger partial charge in [-0.3, -0.25) is 9.59 Å². The Morgan fingerprint density at radius 1 is 1.15 bits per heavy atom. The maximum Gasteiger partial charge on any atom is 0.349 e. The minimum atomic E-state index is -0.702. The van der Waals surface area contributed by atoms with Crippen molar-refractivity contribution in [2.75, 3.05) is 12.4 Å². The summed E-state index contributed by atoms with van der Waals surface area (Å²) in [5, 5.41) is 6.50. The molecule has 2 amide bonds. The fraction of sp³-hybridized carbons (Fsp3) is 0.211. The van der Waals surface area contributed by atoms with Crippen LogP contribution in [0.15, 0.2) is 39.5 Å². The maximum absolute atomic E-state index is 12.7. The van der Waals surface area contributed by atoms with Crippen LogP contribution in [0.1, 0.15) is 37.6 Å². The van der Waals surface area contributed by atoms with Crippen LogP contribution in [0.5, 0.6) is 0 Å². The van der Waals surface area contributed by atoms with Crippen LogP contribution >= 0.6 is 11.3 Å². The van der Waals surface area contributed by atoms with Gasteiger partial charge in [-0.15, -0.1) is 11.3 Å². The summed E-state index contributed by atoms with van der Waals surface area (Å²) < 4.78 is 5.22. The number of carbonyl (C=O) groups is 2. The molecule has 4 rings (SSSR count). The first-order valence-electron chi connectivity index (χ1n) is 8.29. The molecule has 3 aromatic rings. The zero-order valence-corrected chi connectivity index (χ0v) is 14.9. The zero-order valence-electron chi connectivity index (χ0n) is 14.0. The number of hydrogen-bond acceptors (Lipinski definition) is 5. The molecule has 0 bridgehead atoms. The summed E-state index contributed by atoms with van der Waals surface area (Å²) in [4.78, 5) is 38.2. The lowest BCUT2D eigenvalue weighted by Crippen LogP contribution is -2.24. The van der Waals surface area contributed by atoms with Gasteiger partial charge in [0.15, 0.2) is 0 Å². The number of rotatable bonds is 3. The Labute approximate surface area is 152 Å². The van der Waals surface area contributed by atoms with Crippen LogP contribution in [0.3, 0.4) is 0 Å². The van der Waals surface area contributed by atoms with Gasteiger partial charge in [0.05, 0.1) is 5.56 Å². The normalized spacial score (nSPS) is 12.8. The van der Waals surface area contributed by atoms with Gasteiger partial charge in [-0.05, 0) is 37.0 Å². The van der Waals surface area contributed by atoms with Gasteiger partial charge in [0.25, 0.3) is 11.8 Å². The van der Waals surface area contributed by atoms with Gasteiger partial charge >= 0.3 is 5.63 Å². The average molecular weight is 368 g/mol. The molecule has 1 aliphatic carbocycles. The van der Waals surface area contributed by atoms with Gasteiger partial charge in [-0.1, -0.05) is 18.2 Å². The number of anilines is 1. The Morgan fingerprint density at radius 2 is 1.96 bits per heavy atom. The van der Waals surface area contributed by atoms with Gasteiger partial charge < -0.3 is 15.1 Å². The average Bonchev–Trinajstić information content (AvgIpc) is 3.21. The number of aryl methyl sites for hydroxylation is 1. The van der Waals surface area contributed by atoms with Gasteiger partial charge in [-0.2, -0.15) is 0 Å². The first kappa shape index (κ1) is 16.5. The molecular weight excluding hydrogens is 352 g/mol. The summed E-state index contributed by atoms with van der Waals surface area (Å²) in [6.45, 7) is 0. The summed E-state index contributed by atoms with van der Waals surface area (Å²) >= 11 is 1.40. The van der Waals surface area contributed by atoms with E-state index >= 15 is 0 Å². The third kappa shape index (κ3) is 2.70.